The van der Waals surface area contributed by atoms with Crippen molar-refractivity contribution in [1.29, 1.82) is 0 Å². The zero-order valence-corrected chi connectivity index (χ0v) is 21.4. The largest absolute Gasteiger partial charge is 0.497 e. The number of aromatic nitrogens is 1. The molecule has 1 aliphatic rings. The molecule has 4 aromatic carbocycles. The van der Waals surface area contributed by atoms with E-state index >= 15 is 0 Å². The molecule has 0 spiro atoms. The van der Waals surface area contributed by atoms with Crippen molar-refractivity contribution in [2.24, 2.45) is 0 Å². The molecule has 0 saturated carbocycles. The zero-order valence-electron chi connectivity index (χ0n) is 19.9. The van der Waals surface area contributed by atoms with Gasteiger partial charge in [0, 0.05) is 32.4 Å². The minimum atomic E-state index is -0.141. The highest BCUT2D eigenvalue weighted by Gasteiger charge is 2.30. The second-order valence-electron chi connectivity index (χ2n) is 8.71. The van der Waals surface area contributed by atoms with Crippen molar-refractivity contribution in [3.05, 3.63) is 123 Å². The summed E-state index contributed by atoms with van der Waals surface area (Å²) in [6.07, 6.45) is 0. The number of pyridine rings is 1. The highest BCUT2D eigenvalue weighted by molar-refractivity contribution is 6.31. The molecule has 1 aromatic heterocycles. The molecule has 0 N–H and O–H groups in total. The van der Waals surface area contributed by atoms with E-state index in [9.17, 15) is 4.79 Å². The number of halogens is 2. The topological polar surface area (TPSA) is 40.5 Å². The van der Waals surface area contributed by atoms with E-state index in [1.54, 1.807) is 11.7 Å². The predicted molar refractivity (Wildman–Crippen MR) is 149 cm³/mol. The van der Waals surface area contributed by atoms with Crippen molar-refractivity contribution in [2.45, 2.75) is 6.61 Å². The molecule has 4 nitrogen and oxygen atoms in total. The van der Waals surface area contributed by atoms with Gasteiger partial charge in [0.25, 0.3) is 5.56 Å². The van der Waals surface area contributed by atoms with E-state index in [-0.39, 0.29) is 12.2 Å². The quantitative estimate of drug-likeness (QED) is 0.238. The number of benzene rings is 4. The van der Waals surface area contributed by atoms with Crippen LogP contribution in [0.2, 0.25) is 10.0 Å². The maximum absolute atomic E-state index is 14.3. The molecule has 0 atom stereocenters. The first-order chi connectivity index (χ1) is 18.0. The lowest BCUT2D eigenvalue weighted by Crippen LogP contribution is -2.28. The normalized spacial score (nSPS) is 11.9. The number of hydrogen-bond donors (Lipinski definition) is 0. The fourth-order valence-corrected chi connectivity index (χ4v) is 5.11. The molecule has 182 valence electrons. The van der Waals surface area contributed by atoms with Crippen molar-refractivity contribution in [3.63, 3.8) is 0 Å². The van der Waals surface area contributed by atoms with Crippen molar-refractivity contribution in [3.8, 4) is 50.7 Å². The third kappa shape index (κ3) is 4.08. The van der Waals surface area contributed by atoms with E-state index in [4.69, 9.17) is 32.7 Å². The van der Waals surface area contributed by atoms with Gasteiger partial charge in [-0.1, -0.05) is 65.7 Å². The first-order valence-electron chi connectivity index (χ1n) is 11.8. The monoisotopic (exact) mass is 525 g/mol. The maximum atomic E-state index is 14.3. The van der Waals surface area contributed by atoms with Crippen LogP contribution in [0.5, 0.6) is 11.5 Å². The Morgan fingerprint density at radius 3 is 2.03 bits per heavy atom. The Morgan fingerprint density at radius 2 is 1.38 bits per heavy atom. The molecule has 0 bridgehead atoms. The summed E-state index contributed by atoms with van der Waals surface area (Å²) >= 11 is 12.5. The van der Waals surface area contributed by atoms with Crippen LogP contribution in [-0.4, -0.2) is 11.7 Å². The SMILES string of the molecule is COc1ccc(-n2c(-c3ccc(Cl)cc3)c(-c3ccc(Cl)cc3)c3c(c2=O)COc2ccccc2-3)cc1. The smallest absolute Gasteiger partial charge is 0.262 e. The molecule has 5 aromatic rings. The van der Waals surface area contributed by atoms with Gasteiger partial charge in [-0.2, -0.15) is 0 Å². The van der Waals surface area contributed by atoms with Gasteiger partial charge in [0.15, 0.2) is 0 Å². The van der Waals surface area contributed by atoms with Crippen LogP contribution < -0.4 is 15.0 Å². The highest BCUT2D eigenvalue weighted by Crippen LogP contribution is 2.47. The Bertz CT molecular complexity index is 1670. The van der Waals surface area contributed by atoms with Gasteiger partial charge < -0.3 is 9.47 Å². The molecular formula is C31H21Cl2NO3. The summed E-state index contributed by atoms with van der Waals surface area (Å²) in [5, 5.41) is 1.25. The van der Waals surface area contributed by atoms with Crippen LogP contribution in [0.25, 0.3) is 39.2 Å². The Kier molecular flexibility index (Phi) is 5.99. The Morgan fingerprint density at radius 1 is 0.757 bits per heavy atom. The van der Waals surface area contributed by atoms with Crippen LogP contribution in [0.4, 0.5) is 0 Å². The second-order valence-corrected chi connectivity index (χ2v) is 9.59. The Balaban J connectivity index is 1.80. The van der Waals surface area contributed by atoms with E-state index in [1.165, 1.54) is 0 Å². The van der Waals surface area contributed by atoms with Gasteiger partial charge in [0.1, 0.15) is 18.1 Å². The van der Waals surface area contributed by atoms with Crippen LogP contribution >= 0.6 is 23.2 Å². The van der Waals surface area contributed by atoms with Crippen LogP contribution in [0.15, 0.2) is 102 Å². The minimum Gasteiger partial charge on any atom is -0.497 e. The van der Waals surface area contributed by atoms with Crippen LogP contribution in [0.3, 0.4) is 0 Å². The number of nitrogens with zero attached hydrogens (tertiary/aromatic N) is 1. The van der Waals surface area contributed by atoms with Gasteiger partial charge in [-0.05, 0) is 65.7 Å². The first kappa shape index (κ1) is 23.4. The summed E-state index contributed by atoms with van der Waals surface area (Å²) < 4.78 is 13.2. The molecule has 0 radical (unpaired) electrons. The van der Waals surface area contributed by atoms with Crippen molar-refractivity contribution in [2.75, 3.05) is 7.11 Å². The maximum Gasteiger partial charge on any atom is 0.262 e. The van der Waals surface area contributed by atoms with Gasteiger partial charge in [0.05, 0.1) is 18.4 Å². The van der Waals surface area contributed by atoms with E-state index in [0.29, 0.717) is 27.0 Å². The molecular weight excluding hydrogens is 505 g/mol. The highest BCUT2D eigenvalue weighted by atomic mass is 35.5. The number of hydrogen-bond acceptors (Lipinski definition) is 3. The lowest BCUT2D eigenvalue weighted by Gasteiger charge is -2.28. The van der Waals surface area contributed by atoms with E-state index in [0.717, 1.165) is 39.3 Å². The van der Waals surface area contributed by atoms with E-state index in [1.807, 2.05) is 97.1 Å². The second kappa shape index (κ2) is 9.47. The number of rotatable bonds is 4. The molecule has 0 unspecified atom stereocenters. The molecule has 0 saturated heterocycles. The number of fused-ring (bicyclic) bond motifs is 3. The number of para-hydroxylation sites is 1. The standard InChI is InChI=1S/C31H21Cl2NO3/c1-36-24-16-14-23(15-17-24)34-30(20-8-12-22(33)13-9-20)28(19-6-10-21(32)11-7-19)29-25-4-2-3-5-27(25)37-18-26(29)31(34)35/h2-17H,18H2,1H3. The third-order valence-corrected chi connectivity index (χ3v) is 7.09. The summed E-state index contributed by atoms with van der Waals surface area (Å²) in [5.74, 6) is 1.45. The molecule has 1 aliphatic heterocycles. The fraction of sp³-hybridized carbons (Fsp3) is 0.0645. The number of ether oxygens (including phenoxy) is 2. The molecule has 0 fully saturated rings. The van der Waals surface area contributed by atoms with E-state index in [2.05, 4.69) is 0 Å². The van der Waals surface area contributed by atoms with Gasteiger partial charge in [0.2, 0.25) is 0 Å². The molecule has 6 rings (SSSR count). The van der Waals surface area contributed by atoms with Crippen molar-refractivity contribution >= 4 is 23.2 Å². The van der Waals surface area contributed by atoms with Crippen LogP contribution in [0.1, 0.15) is 5.56 Å². The van der Waals surface area contributed by atoms with Gasteiger partial charge in [-0.25, -0.2) is 0 Å². The van der Waals surface area contributed by atoms with Gasteiger partial charge in [-0.3, -0.25) is 9.36 Å². The lowest BCUT2D eigenvalue weighted by atomic mass is 9.86. The summed E-state index contributed by atoms with van der Waals surface area (Å²) in [7, 11) is 1.62. The average molecular weight is 526 g/mol. The molecule has 2 heterocycles. The van der Waals surface area contributed by atoms with E-state index < -0.39 is 0 Å². The lowest BCUT2D eigenvalue weighted by molar-refractivity contribution is 0.300. The zero-order chi connectivity index (χ0) is 25.5. The minimum absolute atomic E-state index is 0.141. The van der Waals surface area contributed by atoms with Gasteiger partial charge >= 0.3 is 0 Å². The average Bonchev–Trinajstić information content (AvgIpc) is 2.94. The Labute approximate surface area is 224 Å². The fourth-order valence-electron chi connectivity index (χ4n) is 4.86. The van der Waals surface area contributed by atoms with Crippen LogP contribution in [-0.2, 0) is 6.61 Å². The van der Waals surface area contributed by atoms with Crippen molar-refractivity contribution in [1.82, 2.24) is 4.57 Å². The Hall–Kier alpha value is -3.99. The predicted octanol–water partition coefficient (Wildman–Crippen LogP) is 8.05. The number of methoxy groups -OCH3 is 1. The summed E-state index contributed by atoms with van der Waals surface area (Å²) in [5.41, 5.74) is 6.37. The first-order valence-corrected chi connectivity index (χ1v) is 12.5. The summed E-state index contributed by atoms with van der Waals surface area (Å²) in [6, 6.07) is 30.5. The van der Waals surface area contributed by atoms with Crippen molar-refractivity contribution < 1.29 is 9.47 Å². The summed E-state index contributed by atoms with van der Waals surface area (Å²) in [6.45, 7) is 0.169. The van der Waals surface area contributed by atoms with Gasteiger partial charge in [-0.15, -0.1) is 0 Å². The molecule has 0 aliphatic carbocycles. The molecule has 0 amide bonds. The summed E-state index contributed by atoms with van der Waals surface area (Å²) in [4.78, 5) is 14.3. The molecule has 6 heteroatoms. The molecule has 37 heavy (non-hydrogen) atoms. The third-order valence-electron chi connectivity index (χ3n) is 6.58. The van der Waals surface area contributed by atoms with Crippen LogP contribution in [0, 0.1) is 0 Å².